The fourth-order valence-corrected chi connectivity index (χ4v) is 3.26. The summed E-state index contributed by atoms with van der Waals surface area (Å²) in [6, 6.07) is 13.5. The van der Waals surface area contributed by atoms with E-state index in [1.165, 1.54) is 22.1 Å². The second-order valence-electron chi connectivity index (χ2n) is 6.83. The molecule has 8 nitrogen and oxygen atoms in total. The van der Waals surface area contributed by atoms with Gasteiger partial charge < -0.3 is 10.2 Å². The molecular weight excluding hydrogens is 356 g/mol. The average molecular weight is 376 g/mol. The summed E-state index contributed by atoms with van der Waals surface area (Å²) in [5.41, 5.74) is 4.47. The average Bonchev–Trinajstić information content (AvgIpc) is 3.37. The van der Waals surface area contributed by atoms with Gasteiger partial charge in [0.1, 0.15) is 6.33 Å². The van der Waals surface area contributed by atoms with Gasteiger partial charge in [-0.05, 0) is 46.2 Å². The van der Waals surface area contributed by atoms with Crippen LogP contribution in [0.2, 0.25) is 0 Å². The highest BCUT2D eigenvalue weighted by atomic mass is 16.2. The van der Waals surface area contributed by atoms with Crippen LogP contribution in [0, 0.1) is 6.92 Å². The largest absolute Gasteiger partial charge is 0.330 e. The summed E-state index contributed by atoms with van der Waals surface area (Å²) in [4.78, 5) is 27.0. The number of benzene rings is 2. The van der Waals surface area contributed by atoms with Crippen LogP contribution in [0.25, 0.3) is 0 Å². The van der Waals surface area contributed by atoms with Gasteiger partial charge in [-0.2, -0.15) is 0 Å². The van der Waals surface area contributed by atoms with E-state index in [2.05, 4.69) is 20.8 Å². The number of fused-ring (bicyclic) bond motifs is 1. The van der Waals surface area contributed by atoms with Crippen LogP contribution in [0.4, 0.5) is 5.69 Å². The van der Waals surface area contributed by atoms with Crippen molar-refractivity contribution in [2.75, 3.05) is 5.32 Å². The van der Waals surface area contributed by atoms with Crippen LogP contribution in [0.5, 0.6) is 0 Å². The van der Waals surface area contributed by atoms with Crippen molar-refractivity contribution in [3.8, 4) is 0 Å². The van der Waals surface area contributed by atoms with Gasteiger partial charge in [0.2, 0.25) is 5.91 Å². The number of carbonyl (C=O) groups excluding carboxylic acids is 2. The van der Waals surface area contributed by atoms with Crippen molar-refractivity contribution >= 4 is 17.5 Å². The maximum atomic E-state index is 12.9. The van der Waals surface area contributed by atoms with E-state index >= 15 is 0 Å². The zero-order chi connectivity index (χ0) is 19.5. The monoisotopic (exact) mass is 376 g/mol. The number of nitrogens with one attached hydrogen (secondary N) is 1. The van der Waals surface area contributed by atoms with E-state index in [9.17, 15) is 9.59 Å². The number of amides is 2. The molecule has 1 N–H and O–H groups in total. The molecule has 8 heteroatoms. The van der Waals surface area contributed by atoms with Crippen molar-refractivity contribution in [3.63, 3.8) is 0 Å². The van der Waals surface area contributed by atoms with Gasteiger partial charge in [0.15, 0.2) is 0 Å². The smallest absolute Gasteiger partial charge is 0.254 e. The Morgan fingerprint density at radius 1 is 1.11 bits per heavy atom. The van der Waals surface area contributed by atoms with E-state index < -0.39 is 0 Å². The maximum Gasteiger partial charge on any atom is 0.254 e. The van der Waals surface area contributed by atoms with Crippen molar-refractivity contribution < 1.29 is 9.59 Å². The van der Waals surface area contributed by atoms with E-state index in [1.807, 2.05) is 42.2 Å². The molecule has 0 aliphatic carbocycles. The second kappa shape index (κ2) is 7.59. The molecule has 0 saturated carbocycles. The van der Waals surface area contributed by atoms with E-state index in [-0.39, 0.29) is 18.2 Å². The summed E-state index contributed by atoms with van der Waals surface area (Å²) in [7, 11) is 0. The Morgan fingerprint density at radius 3 is 2.54 bits per heavy atom. The van der Waals surface area contributed by atoms with Gasteiger partial charge >= 0.3 is 0 Å². The van der Waals surface area contributed by atoms with Gasteiger partial charge in [-0.25, -0.2) is 4.68 Å². The molecule has 0 bridgehead atoms. The Morgan fingerprint density at radius 2 is 1.86 bits per heavy atom. The Bertz CT molecular complexity index is 990. The van der Waals surface area contributed by atoms with Crippen LogP contribution >= 0.6 is 0 Å². The molecule has 4 rings (SSSR count). The first kappa shape index (κ1) is 17.8. The lowest BCUT2D eigenvalue weighted by Crippen LogP contribution is -2.25. The van der Waals surface area contributed by atoms with Crippen LogP contribution in [-0.4, -0.2) is 36.9 Å². The highest BCUT2D eigenvalue weighted by Crippen LogP contribution is 2.25. The summed E-state index contributed by atoms with van der Waals surface area (Å²) in [6.07, 6.45) is 1.70. The third-order valence-corrected chi connectivity index (χ3v) is 4.85. The number of carbonyl (C=O) groups is 2. The van der Waals surface area contributed by atoms with Crippen LogP contribution in [0.15, 0.2) is 48.8 Å². The number of aromatic nitrogens is 4. The molecule has 1 aromatic heterocycles. The number of hydrogen-bond donors (Lipinski definition) is 1. The van der Waals surface area contributed by atoms with Gasteiger partial charge in [0.25, 0.3) is 5.91 Å². The zero-order valence-electron chi connectivity index (χ0n) is 15.5. The minimum absolute atomic E-state index is 0.0413. The van der Waals surface area contributed by atoms with Crippen molar-refractivity contribution in [2.45, 2.75) is 33.0 Å². The normalized spacial score (nSPS) is 12.7. The number of rotatable bonds is 5. The van der Waals surface area contributed by atoms with E-state index in [0.717, 1.165) is 5.56 Å². The summed E-state index contributed by atoms with van der Waals surface area (Å²) in [5, 5.41) is 13.7. The molecule has 0 spiro atoms. The highest BCUT2D eigenvalue weighted by Gasteiger charge is 2.24. The topological polar surface area (TPSA) is 93.0 Å². The number of anilines is 1. The zero-order valence-corrected chi connectivity index (χ0v) is 15.5. The predicted octanol–water partition coefficient (Wildman–Crippen LogP) is 2.17. The molecule has 2 amide bonds. The molecule has 1 aliphatic rings. The van der Waals surface area contributed by atoms with Crippen LogP contribution in [0.1, 0.15) is 33.5 Å². The number of aryl methyl sites for hydroxylation is 2. The second-order valence-corrected chi connectivity index (χ2v) is 6.83. The lowest BCUT2D eigenvalue weighted by atomic mass is 10.1. The molecule has 0 radical (unpaired) electrons. The minimum Gasteiger partial charge on any atom is -0.330 e. The van der Waals surface area contributed by atoms with Gasteiger partial charge in [-0.15, -0.1) is 5.10 Å². The van der Waals surface area contributed by atoms with Crippen molar-refractivity contribution in [1.29, 1.82) is 0 Å². The molecule has 0 atom stereocenters. The molecule has 28 heavy (non-hydrogen) atoms. The van der Waals surface area contributed by atoms with E-state index in [4.69, 9.17) is 0 Å². The van der Waals surface area contributed by atoms with Gasteiger partial charge in [0.05, 0.1) is 6.54 Å². The maximum absolute atomic E-state index is 12.9. The van der Waals surface area contributed by atoms with Crippen molar-refractivity contribution in [2.24, 2.45) is 0 Å². The summed E-state index contributed by atoms with van der Waals surface area (Å²) < 4.78 is 1.50. The van der Waals surface area contributed by atoms with Crippen LogP contribution in [-0.2, 0) is 24.4 Å². The van der Waals surface area contributed by atoms with Crippen LogP contribution < -0.4 is 5.32 Å². The minimum atomic E-state index is -0.156. The number of nitrogens with zero attached hydrogens (tertiary/aromatic N) is 5. The van der Waals surface area contributed by atoms with Crippen LogP contribution in [0.3, 0.4) is 0 Å². The van der Waals surface area contributed by atoms with Gasteiger partial charge in [-0.3, -0.25) is 9.59 Å². The third-order valence-electron chi connectivity index (χ3n) is 4.85. The number of hydrogen-bond acceptors (Lipinski definition) is 5. The summed E-state index contributed by atoms with van der Waals surface area (Å²) in [6.45, 7) is 3.51. The Kier molecular flexibility index (Phi) is 4.84. The summed E-state index contributed by atoms with van der Waals surface area (Å²) >= 11 is 0. The molecule has 142 valence electrons. The lowest BCUT2D eigenvalue weighted by Gasteiger charge is -2.17. The highest BCUT2D eigenvalue weighted by molar-refractivity contribution is 5.98. The van der Waals surface area contributed by atoms with Crippen molar-refractivity contribution in [3.05, 3.63) is 71.0 Å². The molecule has 2 aromatic carbocycles. The van der Waals surface area contributed by atoms with Gasteiger partial charge in [-0.1, -0.05) is 30.3 Å². The molecule has 0 saturated heterocycles. The standard InChI is InChI=1S/C20H20N6O2/c1-14-6-7-15(20(28)25-11-16-4-2-3-5-17(16)12-25)10-18(14)22-19(27)8-9-26-13-21-23-24-26/h2-7,10,13H,8-9,11-12H2,1H3,(H,22,27). The fraction of sp³-hybridized carbons (Fsp3) is 0.250. The molecule has 3 aromatic rings. The molecule has 1 aliphatic heterocycles. The predicted molar refractivity (Wildman–Crippen MR) is 102 cm³/mol. The lowest BCUT2D eigenvalue weighted by molar-refractivity contribution is -0.116. The molecular formula is C20H20N6O2. The first-order valence-electron chi connectivity index (χ1n) is 9.07. The number of tetrazole rings is 1. The first-order valence-corrected chi connectivity index (χ1v) is 9.07. The van der Waals surface area contributed by atoms with E-state index in [1.54, 1.807) is 12.1 Å². The first-order chi connectivity index (χ1) is 13.6. The van der Waals surface area contributed by atoms with Gasteiger partial charge in [0, 0.05) is 30.8 Å². The van der Waals surface area contributed by atoms with E-state index in [0.29, 0.717) is 30.9 Å². The molecule has 0 unspecified atom stereocenters. The Balaban J connectivity index is 1.43. The Hall–Kier alpha value is -3.55. The Labute approximate surface area is 162 Å². The summed E-state index contributed by atoms with van der Waals surface area (Å²) in [5.74, 6) is -0.197. The quantitative estimate of drug-likeness (QED) is 0.737. The van der Waals surface area contributed by atoms with Crippen molar-refractivity contribution in [1.82, 2.24) is 25.1 Å². The fourth-order valence-electron chi connectivity index (χ4n) is 3.26. The SMILES string of the molecule is Cc1ccc(C(=O)N2Cc3ccccc3C2)cc1NC(=O)CCn1cnnn1. The molecule has 0 fully saturated rings. The third kappa shape index (κ3) is 3.75. The molecule has 2 heterocycles.